The van der Waals surface area contributed by atoms with Gasteiger partial charge in [0.25, 0.3) is 0 Å². The van der Waals surface area contributed by atoms with Crippen LogP contribution in [-0.2, 0) is 34.0 Å². The Kier molecular flexibility index (Phi) is 8.79. The van der Waals surface area contributed by atoms with Crippen LogP contribution in [0.5, 0.6) is 0 Å². The minimum Gasteiger partial charge on any atom is -0.481 e. The molecule has 0 spiro atoms. The second-order valence-corrected chi connectivity index (χ2v) is 15.1. The first kappa shape index (κ1) is 32.6. The van der Waals surface area contributed by atoms with Crippen LogP contribution in [0.25, 0.3) is 22.2 Å². The van der Waals surface area contributed by atoms with Crippen molar-refractivity contribution in [3.05, 3.63) is 114 Å². The van der Waals surface area contributed by atoms with Gasteiger partial charge >= 0.3 is 5.97 Å². The molecular weight excluding hydrogens is 640 g/mol. The summed E-state index contributed by atoms with van der Waals surface area (Å²) in [6, 6.07) is 20.6. The fraction of sp³-hybridized carbons (Fsp3) is 0.316. The molecule has 49 heavy (non-hydrogen) atoms. The molecule has 2 N–H and O–H groups in total. The van der Waals surface area contributed by atoms with Crippen molar-refractivity contribution in [2.45, 2.75) is 80.7 Å². The molecule has 1 aliphatic rings. The van der Waals surface area contributed by atoms with E-state index in [4.69, 9.17) is 5.10 Å². The minimum atomic E-state index is -1.84. The van der Waals surface area contributed by atoms with Crippen LogP contribution >= 0.6 is 0 Å². The predicted molar refractivity (Wildman–Crippen MR) is 186 cm³/mol. The van der Waals surface area contributed by atoms with E-state index in [9.17, 15) is 14.1 Å². The van der Waals surface area contributed by atoms with Gasteiger partial charge < -0.3 is 10.1 Å². The number of hydrogen-bond acceptors (Lipinski definition) is 5. The van der Waals surface area contributed by atoms with Crippen molar-refractivity contribution in [2.24, 2.45) is 5.92 Å². The number of nitrogens with one attached hydrogen (secondary N) is 1. The summed E-state index contributed by atoms with van der Waals surface area (Å²) in [6.45, 7) is 6.26. The number of carboxylic acids is 1. The lowest BCUT2D eigenvalue weighted by Crippen LogP contribution is -2.18. The van der Waals surface area contributed by atoms with Crippen LogP contribution in [0.1, 0.15) is 74.9 Å². The normalized spacial score (nSPS) is 18.6. The van der Waals surface area contributed by atoms with E-state index in [0.717, 1.165) is 59.1 Å². The van der Waals surface area contributed by atoms with Crippen LogP contribution in [0.3, 0.4) is 0 Å². The molecule has 6 aromatic rings. The van der Waals surface area contributed by atoms with Gasteiger partial charge in [0.1, 0.15) is 5.82 Å². The zero-order valence-electron chi connectivity index (χ0n) is 27.8. The number of carbonyl (C=O) groups is 1. The monoisotopic (exact) mass is 678 g/mol. The molecule has 0 amide bonds. The summed E-state index contributed by atoms with van der Waals surface area (Å²) in [5, 5.41) is 24.3. The number of rotatable bonds is 4. The van der Waals surface area contributed by atoms with Gasteiger partial charge in [-0.05, 0) is 60.7 Å². The van der Waals surface area contributed by atoms with Crippen LogP contribution in [0, 0.1) is 11.7 Å². The van der Waals surface area contributed by atoms with E-state index < -0.39 is 28.5 Å². The maximum absolute atomic E-state index is 15.9. The summed E-state index contributed by atoms with van der Waals surface area (Å²) in [5.41, 5.74) is 5.33. The molecule has 6 bridgehead atoms. The Bertz CT molecular complexity index is 2180. The standard InChI is InChI=1S/C38H39FN6O3S/c1-24(37(46)47)18-25-8-6-10-27(19-25)34-12-4-5-15-38(2,3)35-23-44(43-41-35)22-30-29-13-16-40-33(29)21-31(39)36(30)49(48)28-11-7-9-26(20-28)32-14-17-45(34)42-32/h6-11,13-14,16-17,19-21,23-24,34,40H,4-5,12,15,18,22H2,1-3H3,(H,46,47)/t24-,34?,49?/m0/s1. The molecule has 252 valence electrons. The number of carboxylic acid groups (broad SMARTS) is 1. The Morgan fingerprint density at radius 2 is 1.96 bits per heavy atom. The molecule has 2 unspecified atom stereocenters. The van der Waals surface area contributed by atoms with Gasteiger partial charge in [-0.3, -0.25) is 9.48 Å². The first-order valence-electron chi connectivity index (χ1n) is 16.7. The van der Waals surface area contributed by atoms with Gasteiger partial charge in [0, 0.05) is 50.9 Å². The quantitative estimate of drug-likeness (QED) is 0.198. The van der Waals surface area contributed by atoms with E-state index in [1.807, 2.05) is 59.5 Å². The molecule has 11 heteroatoms. The molecular formula is C38H39FN6O3S. The molecule has 3 aromatic carbocycles. The third-order valence-electron chi connectivity index (χ3n) is 9.70. The van der Waals surface area contributed by atoms with E-state index in [1.54, 1.807) is 23.9 Å². The van der Waals surface area contributed by atoms with Gasteiger partial charge in [0.05, 0.1) is 45.6 Å². The summed E-state index contributed by atoms with van der Waals surface area (Å²) in [5.74, 6) is -1.86. The van der Waals surface area contributed by atoms with Crippen LogP contribution in [0.4, 0.5) is 4.39 Å². The zero-order chi connectivity index (χ0) is 34.3. The number of aromatic amines is 1. The molecule has 4 heterocycles. The van der Waals surface area contributed by atoms with Crippen molar-refractivity contribution in [1.29, 1.82) is 0 Å². The summed E-state index contributed by atoms with van der Waals surface area (Å²) in [4.78, 5) is 15.3. The predicted octanol–water partition coefficient (Wildman–Crippen LogP) is 7.68. The third kappa shape index (κ3) is 6.59. The molecule has 3 aromatic heterocycles. The van der Waals surface area contributed by atoms with E-state index in [-0.39, 0.29) is 22.9 Å². The highest BCUT2D eigenvalue weighted by Gasteiger charge is 2.27. The van der Waals surface area contributed by atoms with Crippen LogP contribution < -0.4 is 0 Å². The van der Waals surface area contributed by atoms with Crippen molar-refractivity contribution < 1.29 is 18.5 Å². The second-order valence-electron chi connectivity index (χ2n) is 13.7. The van der Waals surface area contributed by atoms with E-state index in [0.29, 0.717) is 22.4 Å². The largest absolute Gasteiger partial charge is 0.481 e. The first-order chi connectivity index (χ1) is 23.6. The SMILES string of the molecule is C[C@@H](Cc1cccc(C2CCCCC(C)(C)c3cn(nn3)Cc3c(c(F)cc4[nH]ccc34)S(=O)c3cccc(c3)-c3ccn2n3)c1)C(=O)O. The second kappa shape index (κ2) is 13.2. The van der Waals surface area contributed by atoms with Crippen LogP contribution in [0.2, 0.25) is 0 Å². The number of aromatic nitrogens is 6. The smallest absolute Gasteiger partial charge is 0.306 e. The molecule has 3 atom stereocenters. The van der Waals surface area contributed by atoms with Gasteiger partial charge in [-0.15, -0.1) is 5.10 Å². The fourth-order valence-electron chi connectivity index (χ4n) is 6.84. The van der Waals surface area contributed by atoms with E-state index in [2.05, 4.69) is 41.3 Å². The lowest BCUT2D eigenvalue weighted by molar-refractivity contribution is -0.141. The average Bonchev–Trinajstić information content (AvgIpc) is 3.86. The maximum Gasteiger partial charge on any atom is 0.306 e. The van der Waals surface area contributed by atoms with Crippen molar-refractivity contribution in [1.82, 2.24) is 29.8 Å². The number of aliphatic carboxylic acids is 1. The Labute approximate surface area is 286 Å². The van der Waals surface area contributed by atoms with Crippen molar-refractivity contribution in [2.75, 3.05) is 0 Å². The van der Waals surface area contributed by atoms with E-state index >= 15 is 4.39 Å². The zero-order valence-corrected chi connectivity index (χ0v) is 28.6. The third-order valence-corrected chi connectivity index (χ3v) is 11.2. The summed E-state index contributed by atoms with van der Waals surface area (Å²) in [6.07, 6.45) is 9.66. The lowest BCUT2D eigenvalue weighted by Gasteiger charge is -2.23. The first-order valence-corrected chi connectivity index (χ1v) is 17.8. The van der Waals surface area contributed by atoms with Crippen molar-refractivity contribution >= 4 is 27.7 Å². The maximum atomic E-state index is 15.9. The minimum absolute atomic E-state index is 0.0815. The number of halogens is 1. The Hall–Kier alpha value is -4.90. The Morgan fingerprint density at radius 1 is 1.12 bits per heavy atom. The number of hydrogen-bond donors (Lipinski definition) is 2. The molecule has 9 nitrogen and oxygen atoms in total. The topological polar surface area (TPSA) is 119 Å². The summed E-state index contributed by atoms with van der Waals surface area (Å²) < 4.78 is 33.9. The highest BCUT2D eigenvalue weighted by molar-refractivity contribution is 7.85. The Balaban J connectivity index is 1.32. The van der Waals surface area contributed by atoms with Gasteiger partial charge in [0.15, 0.2) is 0 Å². The van der Waals surface area contributed by atoms with Gasteiger partial charge in [-0.25, -0.2) is 13.3 Å². The highest BCUT2D eigenvalue weighted by Crippen LogP contribution is 2.35. The molecule has 0 aliphatic carbocycles. The van der Waals surface area contributed by atoms with Crippen LogP contribution in [0.15, 0.2) is 95.1 Å². The number of nitrogens with zero attached hydrogens (tertiary/aromatic N) is 5. The Morgan fingerprint density at radius 3 is 2.80 bits per heavy atom. The molecule has 0 radical (unpaired) electrons. The number of H-pyrrole nitrogens is 1. The van der Waals surface area contributed by atoms with Gasteiger partial charge in [0.2, 0.25) is 0 Å². The van der Waals surface area contributed by atoms with E-state index in [1.165, 1.54) is 6.07 Å². The lowest BCUT2D eigenvalue weighted by atomic mass is 9.83. The molecule has 7 rings (SSSR count). The number of benzene rings is 3. The summed E-state index contributed by atoms with van der Waals surface area (Å²) >= 11 is 0. The molecule has 1 aliphatic heterocycles. The van der Waals surface area contributed by atoms with Crippen LogP contribution in [-0.4, -0.2) is 45.0 Å². The van der Waals surface area contributed by atoms with Gasteiger partial charge in [-0.1, -0.05) is 75.2 Å². The van der Waals surface area contributed by atoms with Crippen molar-refractivity contribution in [3.8, 4) is 11.3 Å². The average molecular weight is 679 g/mol. The van der Waals surface area contributed by atoms with Gasteiger partial charge in [-0.2, -0.15) is 5.10 Å². The molecule has 0 fully saturated rings. The molecule has 0 saturated carbocycles. The molecule has 0 saturated heterocycles. The van der Waals surface area contributed by atoms with Crippen molar-refractivity contribution in [3.63, 3.8) is 0 Å². The summed E-state index contributed by atoms with van der Waals surface area (Å²) in [7, 11) is -1.84. The highest BCUT2D eigenvalue weighted by atomic mass is 32.2. The fourth-order valence-corrected chi connectivity index (χ4v) is 8.14. The number of fused-ring (bicyclic) bond motifs is 10.